The summed E-state index contributed by atoms with van der Waals surface area (Å²) in [4.78, 5) is 20.5. The summed E-state index contributed by atoms with van der Waals surface area (Å²) in [6.45, 7) is 0. The van der Waals surface area contributed by atoms with Crippen LogP contribution in [0.25, 0.3) is 11.3 Å². The van der Waals surface area contributed by atoms with Gasteiger partial charge in [0.2, 0.25) is 11.9 Å². The lowest BCUT2D eigenvalue weighted by atomic mass is 10.0. The van der Waals surface area contributed by atoms with Crippen molar-refractivity contribution in [3.05, 3.63) is 54.2 Å². The number of hydrogen-bond donors (Lipinski definition) is 3. The van der Waals surface area contributed by atoms with Crippen LogP contribution in [-0.2, 0) is 11.2 Å². The Labute approximate surface area is 150 Å². The first kappa shape index (κ1) is 15.9. The molecule has 7 heteroatoms. The van der Waals surface area contributed by atoms with Gasteiger partial charge in [0.15, 0.2) is 0 Å². The second kappa shape index (κ2) is 6.36. The fourth-order valence-corrected chi connectivity index (χ4v) is 2.95. The summed E-state index contributed by atoms with van der Waals surface area (Å²) in [5, 5.41) is 6.24. The molecule has 1 aliphatic heterocycles. The summed E-state index contributed by atoms with van der Waals surface area (Å²) in [5.74, 6) is 0.832. The predicted molar refractivity (Wildman–Crippen MR) is 100 cm³/mol. The van der Waals surface area contributed by atoms with Crippen LogP contribution in [0.2, 0.25) is 0 Å². The van der Waals surface area contributed by atoms with Crippen LogP contribution >= 0.6 is 0 Å². The highest BCUT2D eigenvalue weighted by Gasteiger charge is 2.21. The van der Waals surface area contributed by atoms with E-state index < -0.39 is 0 Å². The van der Waals surface area contributed by atoms with Crippen molar-refractivity contribution in [3.63, 3.8) is 0 Å². The van der Waals surface area contributed by atoms with Gasteiger partial charge in [-0.05, 0) is 30.3 Å². The maximum atomic E-state index is 12.2. The topological polar surface area (TPSA) is 102 Å². The van der Waals surface area contributed by atoms with Crippen LogP contribution in [0.5, 0.6) is 5.75 Å². The molecule has 1 aliphatic rings. The number of ether oxygens (including phenoxy) is 1. The molecule has 7 nitrogen and oxygen atoms in total. The van der Waals surface area contributed by atoms with Crippen molar-refractivity contribution in [1.29, 1.82) is 0 Å². The molecule has 0 spiro atoms. The number of nitrogens with zero attached hydrogens (tertiary/aromatic N) is 2. The van der Waals surface area contributed by atoms with Crippen LogP contribution in [0.3, 0.4) is 0 Å². The summed E-state index contributed by atoms with van der Waals surface area (Å²) in [6, 6.07) is 13.3. The number of hydrogen-bond acceptors (Lipinski definition) is 6. The van der Waals surface area contributed by atoms with Gasteiger partial charge in [0, 0.05) is 34.8 Å². The Hall–Kier alpha value is -3.61. The van der Waals surface area contributed by atoms with Crippen molar-refractivity contribution in [3.8, 4) is 17.0 Å². The van der Waals surface area contributed by atoms with E-state index in [1.807, 2.05) is 42.5 Å². The van der Waals surface area contributed by atoms with Gasteiger partial charge in [-0.1, -0.05) is 6.07 Å². The minimum absolute atomic E-state index is 0.114. The zero-order chi connectivity index (χ0) is 18.1. The van der Waals surface area contributed by atoms with E-state index in [1.54, 1.807) is 13.3 Å². The third-order valence-electron chi connectivity index (χ3n) is 4.14. The van der Waals surface area contributed by atoms with Crippen LogP contribution in [0, 0.1) is 0 Å². The van der Waals surface area contributed by atoms with Gasteiger partial charge >= 0.3 is 0 Å². The Balaban J connectivity index is 1.73. The van der Waals surface area contributed by atoms with Gasteiger partial charge in [-0.25, -0.2) is 9.97 Å². The minimum atomic E-state index is -0.114. The molecule has 1 amide bonds. The van der Waals surface area contributed by atoms with E-state index in [9.17, 15) is 4.79 Å². The molecule has 2 aromatic carbocycles. The van der Waals surface area contributed by atoms with Crippen LogP contribution < -0.4 is 21.1 Å². The molecule has 0 atom stereocenters. The van der Waals surface area contributed by atoms with E-state index >= 15 is 0 Å². The summed E-state index contributed by atoms with van der Waals surface area (Å²) in [7, 11) is 1.63. The number of rotatable bonds is 3. The van der Waals surface area contributed by atoms with Crippen molar-refractivity contribution < 1.29 is 9.53 Å². The van der Waals surface area contributed by atoms with Crippen LogP contribution in [0.4, 0.5) is 23.0 Å². The molecule has 26 heavy (non-hydrogen) atoms. The van der Waals surface area contributed by atoms with Gasteiger partial charge < -0.3 is 21.1 Å². The number of carbonyl (C=O) groups is 1. The zero-order valence-electron chi connectivity index (χ0n) is 14.1. The Bertz CT molecular complexity index is 1000. The van der Waals surface area contributed by atoms with Crippen LogP contribution in [0.15, 0.2) is 48.7 Å². The van der Waals surface area contributed by atoms with Gasteiger partial charge in [0.05, 0.1) is 24.9 Å². The quantitative estimate of drug-likeness (QED) is 0.673. The van der Waals surface area contributed by atoms with E-state index in [4.69, 9.17) is 10.5 Å². The molecule has 3 aromatic rings. The molecular formula is C19H17N5O2. The van der Waals surface area contributed by atoms with Gasteiger partial charge in [0.1, 0.15) is 5.75 Å². The number of aromatic nitrogens is 2. The fourth-order valence-electron chi connectivity index (χ4n) is 2.95. The summed E-state index contributed by atoms with van der Waals surface area (Å²) < 4.78 is 5.24. The first-order chi connectivity index (χ1) is 12.6. The Morgan fingerprint density at radius 2 is 2.04 bits per heavy atom. The lowest BCUT2D eigenvalue weighted by molar-refractivity contribution is -0.115. The molecule has 0 fully saturated rings. The van der Waals surface area contributed by atoms with Crippen molar-refractivity contribution in [2.45, 2.75) is 6.42 Å². The molecular weight excluding hydrogens is 330 g/mol. The van der Waals surface area contributed by atoms with E-state index in [1.165, 1.54) is 0 Å². The second-order valence-corrected chi connectivity index (χ2v) is 5.94. The number of benzene rings is 2. The first-order valence-corrected chi connectivity index (χ1v) is 8.09. The van der Waals surface area contributed by atoms with Gasteiger partial charge in [-0.15, -0.1) is 0 Å². The van der Waals surface area contributed by atoms with Crippen molar-refractivity contribution >= 4 is 28.9 Å². The standard InChI is InChI=1S/C19H17N5O2/c1-26-14-4-2-3-12(8-14)22-13-5-6-15-16(9-13)23-17(25)7-11-10-21-19(20)24-18(11)15/h2-6,8-10,22H,7H2,1H3,(H,23,25)(H2,20,21,24). The number of carbonyl (C=O) groups excluding carboxylic acids is 1. The molecule has 0 aliphatic carbocycles. The van der Waals surface area contributed by atoms with E-state index in [0.29, 0.717) is 11.4 Å². The molecule has 4 N–H and O–H groups in total. The summed E-state index contributed by atoms with van der Waals surface area (Å²) >= 11 is 0. The van der Waals surface area contributed by atoms with Gasteiger partial charge in [-0.3, -0.25) is 4.79 Å². The zero-order valence-corrected chi connectivity index (χ0v) is 14.1. The second-order valence-electron chi connectivity index (χ2n) is 5.94. The van der Waals surface area contributed by atoms with Crippen LogP contribution in [0.1, 0.15) is 5.56 Å². The number of fused-ring (bicyclic) bond motifs is 3. The molecule has 0 saturated carbocycles. The highest BCUT2D eigenvalue weighted by molar-refractivity contribution is 6.00. The predicted octanol–water partition coefficient (Wildman–Crippen LogP) is 2.97. The molecule has 1 aromatic heterocycles. The van der Waals surface area contributed by atoms with Crippen molar-refractivity contribution in [2.75, 3.05) is 23.5 Å². The van der Waals surface area contributed by atoms with Gasteiger partial charge in [-0.2, -0.15) is 0 Å². The smallest absolute Gasteiger partial charge is 0.228 e. The minimum Gasteiger partial charge on any atom is -0.497 e. The third kappa shape index (κ3) is 3.02. The number of nitrogens with two attached hydrogens (primary N) is 1. The van der Waals surface area contributed by atoms with E-state index in [0.717, 1.165) is 28.3 Å². The number of anilines is 4. The molecule has 4 rings (SSSR count). The van der Waals surface area contributed by atoms with Crippen molar-refractivity contribution in [2.24, 2.45) is 0 Å². The third-order valence-corrected chi connectivity index (χ3v) is 4.14. The van der Waals surface area contributed by atoms with Crippen LogP contribution in [-0.4, -0.2) is 23.0 Å². The van der Waals surface area contributed by atoms with E-state index in [2.05, 4.69) is 20.6 Å². The molecule has 0 bridgehead atoms. The maximum Gasteiger partial charge on any atom is 0.228 e. The fraction of sp³-hybridized carbons (Fsp3) is 0.105. The SMILES string of the molecule is COc1cccc(Nc2ccc3c(c2)NC(=O)Cc2cnc(N)nc2-3)c1. The average molecular weight is 347 g/mol. The molecule has 0 saturated heterocycles. The number of amides is 1. The number of nitrogen functional groups attached to an aromatic ring is 1. The Kier molecular flexibility index (Phi) is 3.89. The maximum absolute atomic E-state index is 12.2. The Morgan fingerprint density at radius 3 is 2.88 bits per heavy atom. The molecule has 130 valence electrons. The lowest BCUT2D eigenvalue weighted by Gasteiger charge is -2.13. The van der Waals surface area contributed by atoms with E-state index in [-0.39, 0.29) is 18.3 Å². The summed E-state index contributed by atoms with van der Waals surface area (Å²) in [6.07, 6.45) is 1.82. The molecule has 2 heterocycles. The van der Waals surface area contributed by atoms with Crippen molar-refractivity contribution in [1.82, 2.24) is 9.97 Å². The normalized spacial score (nSPS) is 12.4. The highest BCUT2D eigenvalue weighted by Crippen LogP contribution is 2.35. The average Bonchev–Trinajstić information content (AvgIpc) is 2.77. The largest absolute Gasteiger partial charge is 0.497 e. The summed E-state index contributed by atoms with van der Waals surface area (Å²) in [5.41, 5.74) is 10.4. The van der Waals surface area contributed by atoms with Gasteiger partial charge in [0.25, 0.3) is 0 Å². The molecule has 0 unspecified atom stereocenters. The monoisotopic (exact) mass is 347 g/mol. The first-order valence-electron chi connectivity index (χ1n) is 8.09. The highest BCUT2D eigenvalue weighted by atomic mass is 16.5. The number of methoxy groups -OCH3 is 1. The lowest BCUT2D eigenvalue weighted by Crippen LogP contribution is -2.13. The Morgan fingerprint density at radius 1 is 1.19 bits per heavy atom. The number of nitrogens with one attached hydrogen (secondary N) is 2. The molecule has 0 radical (unpaired) electrons.